The van der Waals surface area contributed by atoms with Crippen molar-refractivity contribution in [1.82, 2.24) is 4.57 Å². The van der Waals surface area contributed by atoms with Crippen molar-refractivity contribution in [3.63, 3.8) is 0 Å². The number of amides is 1. The Morgan fingerprint density at radius 3 is 2.41 bits per heavy atom. The Kier molecular flexibility index (Phi) is 6.09. The Morgan fingerprint density at radius 1 is 1.06 bits per heavy atom. The molecule has 0 saturated carbocycles. The number of rotatable bonds is 4. The van der Waals surface area contributed by atoms with Gasteiger partial charge in [0.2, 0.25) is 0 Å². The Balaban J connectivity index is 1.70. The van der Waals surface area contributed by atoms with E-state index in [1.807, 2.05) is 0 Å². The molecule has 0 aliphatic carbocycles. The summed E-state index contributed by atoms with van der Waals surface area (Å²) in [7, 11) is 0. The van der Waals surface area contributed by atoms with Crippen molar-refractivity contribution in [1.29, 1.82) is 0 Å². The summed E-state index contributed by atoms with van der Waals surface area (Å²) in [5, 5.41) is 11.1. The highest BCUT2D eigenvalue weighted by Gasteiger charge is 2.34. The zero-order chi connectivity index (χ0) is 24.8. The zero-order valence-electron chi connectivity index (χ0n) is 17.8. The Morgan fingerprint density at radius 2 is 1.74 bits per heavy atom. The minimum Gasteiger partial charge on any atom is -0.318 e. The normalized spacial score (nSPS) is 15.4. The minimum atomic E-state index is -4.46. The SMILES string of the molecule is Cc1cc(/C=C2/SC(=S)N(c3cccc([N+](=O)[O-])c3)C2=O)c(C)n1-c1cccc(C(F)(F)F)c1. The van der Waals surface area contributed by atoms with E-state index in [4.69, 9.17) is 12.2 Å². The molecule has 4 rings (SSSR count). The first kappa shape index (κ1) is 23.7. The van der Waals surface area contributed by atoms with Crippen LogP contribution in [0.25, 0.3) is 11.8 Å². The van der Waals surface area contributed by atoms with Gasteiger partial charge in [0.25, 0.3) is 11.6 Å². The van der Waals surface area contributed by atoms with Gasteiger partial charge >= 0.3 is 6.18 Å². The summed E-state index contributed by atoms with van der Waals surface area (Å²) >= 11 is 6.39. The first-order chi connectivity index (χ1) is 16.0. The van der Waals surface area contributed by atoms with Crippen molar-refractivity contribution >= 4 is 51.7 Å². The molecule has 2 aromatic carbocycles. The lowest BCUT2D eigenvalue weighted by Crippen LogP contribution is -2.27. The average molecular weight is 504 g/mol. The van der Waals surface area contributed by atoms with E-state index in [2.05, 4.69) is 0 Å². The van der Waals surface area contributed by atoms with E-state index in [-0.39, 0.29) is 15.7 Å². The van der Waals surface area contributed by atoms with Crippen LogP contribution in [0.2, 0.25) is 0 Å². The number of hydrogen-bond acceptors (Lipinski definition) is 5. The van der Waals surface area contributed by atoms with Crippen molar-refractivity contribution in [2.75, 3.05) is 4.90 Å². The minimum absolute atomic E-state index is 0.167. The van der Waals surface area contributed by atoms with Gasteiger partial charge in [0.1, 0.15) is 0 Å². The second-order valence-electron chi connectivity index (χ2n) is 7.50. The molecule has 174 valence electrons. The largest absolute Gasteiger partial charge is 0.416 e. The van der Waals surface area contributed by atoms with Crippen LogP contribution in [0.5, 0.6) is 0 Å². The number of halogens is 3. The van der Waals surface area contributed by atoms with Crippen molar-refractivity contribution in [2.45, 2.75) is 20.0 Å². The molecule has 11 heteroatoms. The highest BCUT2D eigenvalue weighted by atomic mass is 32.2. The maximum atomic E-state index is 13.2. The number of thioether (sulfide) groups is 1. The molecule has 1 aliphatic heterocycles. The quantitative estimate of drug-likeness (QED) is 0.178. The van der Waals surface area contributed by atoms with Crippen LogP contribution >= 0.6 is 24.0 Å². The molecule has 0 bridgehead atoms. The highest BCUT2D eigenvalue weighted by Crippen LogP contribution is 2.38. The van der Waals surface area contributed by atoms with Crippen LogP contribution in [-0.2, 0) is 11.0 Å². The molecular formula is C23H16F3N3O3S2. The Hall–Kier alpha value is -3.44. The molecule has 1 saturated heterocycles. The fraction of sp³-hybridized carbons (Fsp3) is 0.130. The number of thiocarbonyl (C=S) groups is 1. The van der Waals surface area contributed by atoms with Crippen LogP contribution in [0.3, 0.4) is 0 Å². The van der Waals surface area contributed by atoms with E-state index < -0.39 is 22.6 Å². The topological polar surface area (TPSA) is 68.4 Å². The number of carbonyl (C=O) groups excluding carboxylic acids is 1. The molecule has 6 nitrogen and oxygen atoms in total. The number of nitrogens with zero attached hydrogens (tertiary/aromatic N) is 3. The van der Waals surface area contributed by atoms with Gasteiger partial charge in [-0.3, -0.25) is 19.8 Å². The first-order valence-electron chi connectivity index (χ1n) is 9.86. The van der Waals surface area contributed by atoms with Crippen molar-refractivity contribution in [3.05, 3.63) is 92.1 Å². The maximum Gasteiger partial charge on any atom is 0.416 e. The van der Waals surface area contributed by atoms with Gasteiger partial charge in [0, 0.05) is 29.2 Å². The van der Waals surface area contributed by atoms with E-state index in [1.165, 1.54) is 29.2 Å². The third-order valence-electron chi connectivity index (χ3n) is 5.28. The monoisotopic (exact) mass is 503 g/mol. The van der Waals surface area contributed by atoms with Gasteiger partial charge in [-0.2, -0.15) is 13.2 Å². The van der Waals surface area contributed by atoms with E-state index in [1.54, 1.807) is 42.7 Å². The van der Waals surface area contributed by atoms with E-state index in [0.717, 1.165) is 23.9 Å². The third kappa shape index (κ3) is 4.36. The number of benzene rings is 2. The standard InChI is InChI=1S/C23H16F3N3O3S2/c1-13-9-15(14(2)27(13)17-6-3-5-16(11-17)23(24,25)26)10-20-21(30)28(22(33)34-20)18-7-4-8-19(12-18)29(31)32/h3-12H,1-2H3/b20-10+. The number of aromatic nitrogens is 1. The fourth-order valence-electron chi connectivity index (χ4n) is 3.73. The zero-order valence-corrected chi connectivity index (χ0v) is 19.4. The van der Waals surface area contributed by atoms with Crippen molar-refractivity contribution < 1.29 is 22.9 Å². The summed E-state index contributed by atoms with van der Waals surface area (Å²) in [6.45, 7) is 3.51. The number of anilines is 1. The smallest absolute Gasteiger partial charge is 0.318 e. The fourth-order valence-corrected chi connectivity index (χ4v) is 5.02. The summed E-state index contributed by atoms with van der Waals surface area (Å²) in [6.07, 6.45) is -2.84. The van der Waals surface area contributed by atoms with Crippen LogP contribution in [0.4, 0.5) is 24.5 Å². The van der Waals surface area contributed by atoms with Gasteiger partial charge in [0.15, 0.2) is 4.32 Å². The van der Waals surface area contributed by atoms with Crippen molar-refractivity contribution in [2.24, 2.45) is 0 Å². The number of alkyl halides is 3. The second kappa shape index (κ2) is 8.73. The number of carbonyl (C=O) groups is 1. The Labute approximate surface area is 201 Å². The molecule has 0 spiro atoms. The molecular weight excluding hydrogens is 487 g/mol. The lowest BCUT2D eigenvalue weighted by molar-refractivity contribution is -0.384. The lowest BCUT2D eigenvalue weighted by Gasteiger charge is -2.14. The molecule has 2 heterocycles. The molecule has 0 N–H and O–H groups in total. The molecule has 1 amide bonds. The highest BCUT2D eigenvalue weighted by molar-refractivity contribution is 8.27. The molecule has 1 aromatic heterocycles. The summed E-state index contributed by atoms with van der Waals surface area (Å²) < 4.78 is 41.4. The Bertz CT molecular complexity index is 1380. The van der Waals surface area contributed by atoms with Crippen molar-refractivity contribution in [3.8, 4) is 5.69 Å². The summed E-state index contributed by atoms with van der Waals surface area (Å²) in [4.78, 5) is 25.1. The van der Waals surface area contributed by atoms with Crippen LogP contribution in [0.15, 0.2) is 59.5 Å². The molecule has 34 heavy (non-hydrogen) atoms. The van der Waals surface area contributed by atoms with Gasteiger partial charge in [-0.05, 0) is 55.8 Å². The molecule has 0 atom stereocenters. The summed E-state index contributed by atoms with van der Waals surface area (Å²) in [6, 6.07) is 12.4. The van der Waals surface area contributed by atoms with Crippen LogP contribution < -0.4 is 4.90 Å². The lowest BCUT2D eigenvalue weighted by atomic mass is 10.2. The van der Waals surface area contributed by atoms with Gasteiger partial charge < -0.3 is 4.57 Å². The van der Waals surface area contributed by atoms with Crippen LogP contribution in [0, 0.1) is 24.0 Å². The third-order valence-corrected chi connectivity index (χ3v) is 6.58. The number of nitro benzene ring substituents is 1. The maximum absolute atomic E-state index is 13.2. The first-order valence-corrected chi connectivity index (χ1v) is 11.1. The number of non-ortho nitro benzene ring substituents is 1. The van der Waals surface area contributed by atoms with Gasteiger partial charge in [-0.25, -0.2) is 0 Å². The van der Waals surface area contributed by atoms with Crippen LogP contribution in [-0.4, -0.2) is 19.7 Å². The predicted molar refractivity (Wildman–Crippen MR) is 129 cm³/mol. The number of nitro groups is 1. The molecule has 1 aliphatic rings. The second-order valence-corrected chi connectivity index (χ2v) is 9.18. The van der Waals surface area contributed by atoms with E-state index in [9.17, 15) is 28.1 Å². The van der Waals surface area contributed by atoms with Crippen LogP contribution in [0.1, 0.15) is 22.5 Å². The van der Waals surface area contributed by atoms with Gasteiger partial charge in [0.05, 0.1) is 21.1 Å². The summed E-state index contributed by atoms with van der Waals surface area (Å²) in [5.74, 6) is -0.431. The molecule has 0 radical (unpaired) electrons. The number of aryl methyl sites for hydroxylation is 1. The van der Waals surface area contributed by atoms with E-state index >= 15 is 0 Å². The molecule has 0 unspecified atom stereocenters. The molecule has 3 aromatic rings. The van der Waals surface area contributed by atoms with E-state index in [0.29, 0.717) is 27.5 Å². The van der Waals surface area contributed by atoms with Gasteiger partial charge in [-0.15, -0.1) is 0 Å². The summed E-state index contributed by atoms with van der Waals surface area (Å²) in [5.41, 5.74) is 1.71. The number of hydrogen-bond donors (Lipinski definition) is 0. The average Bonchev–Trinajstić information content (AvgIpc) is 3.21. The molecule has 1 fully saturated rings. The predicted octanol–water partition coefficient (Wildman–Crippen LogP) is 6.43. The van der Waals surface area contributed by atoms with Gasteiger partial charge in [-0.1, -0.05) is 36.1 Å².